The number of furan rings is 1. The Balaban J connectivity index is 1.80. The summed E-state index contributed by atoms with van der Waals surface area (Å²) in [6, 6.07) is 11.0. The van der Waals surface area contributed by atoms with E-state index in [4.69, 9.17) is 4.42 Å². The van der Waals surface area contributed by atoms with Gasteiger partial charge in [-0.1, -0.05) is 19.1 Å². The summed E-state index contributed by atoms with van der Waals surface area (Å²) in [6.07, 6.45) is 1.57. The number of aromatic hydroxyl groups is 1. The van der Waals surface area contributed by atoms with Crippen LogP contribution in [-0.2, 0) is 6.54 Å². The Labute approximate surface area is 181 Å². The zero-order valence-electron chi connectivity index (χ0n) is 17.9. The molecule has 2 aromatic heterocycles. The molecule has 1 aliphatic rings. The largest absolute Gasteiger partial charge is 0.507 e. The molecule has 1 atom stereocenters. The molecule has 0 unspecified atom stereocenters. The topological polar surface area (TPSA) is 61.9 Å². The number of piperazine rings is 1. The second kappa shape index (κ2) is 9.08. The van der Waals surface area contributed by atoms with Gasteiger partial charge in [-0.2, -0.15) is 0 Å². The first kappa shape index (κ1) is 21.3. The van der Waals surface area contributed by atoms with Crippen molar-refractivity contribution in [3.63, 3.8) is 0 Å². The van der Waals surface area contributed by atoms with Crippen molar-refractivity contribution >= 4 is 0 Å². The number of nitrogens with zero attached hydrogens (tertiary/aromatic N) is 3. The number of rotatable bonds is 6. The van der Waals surface area contributed by atoms with E-state index in [0.717, 1.165) is 38.3 Å². The SMILES string of the molecule is CCN1CCN([C@H](c2ccc(F)cc2)c2c(O)cc(C)n(Cc3ccco3)c2=O)CC1. The minimum atomic E-state index is -0.462. The molecule has 4 rings (SSSR count). The van der Waals surface area contributed by atoms with Gasteiger partial charge >= 0.3 is 0 Å². The zero-order valence-corrected chi connectivity index (χ0v) is 17.9. The Morgan fingerprint density at radius 1 is 1.13 bits per heavy atom. The third-order valence-corrected chi connectivity index (χ3v) is 6.10. The molecule has 0 aliphatic carbocycles. The molecule has 1 N–H and O–H groups in total. The van der Waals surface area contributed by atoms with Crippen LogP contribution in [0.15, 0.2) is 57.9 Å². The fourth-order valence-electron chi connectivity index (χ4n) is 4.32. The Hall–Kier alpha value is -2.90. The highest BCUT2D eigenvalue weighted by atomic mass is 19.1. The van der Waals surface area contributed by atoms with E-state index < -0.39 is 6.04 Å². The second-order valence-corrected chi connectivity index (χ2v) is 7.98. The molecule has 6 nitrogen and oxygen atoms in total. The molecule has 1 aromatic carbocycles. The lowest BCUT2D eigenvalue weighted by molar-refractivity contribution is 0.111. The van der Waals surface area contributed by atoms with Gasteiger partial charge < -0.3 is 19.0 Å². The van der Waals surface area contributed by atoms with Crippen molar-refractivity contribution in [3.05, 3.63) is 87.5 Å². The van der Waals surface area contributed by atoms with Crippen LogP contribution in [0.4, 0.5) is 4.39 Å². The van der Waals surface area contributed by atoms with Gasteiger partial charge in [0.2, 0.25) is 0 Å². The highest BCUT2D eigenvalue weighted by Gasteiger charge is 2.31. The van der Waals surface area contributed by atoms with Crippen LogP contribution in [0.2, 0.25) is 0 Å². The molecular formula is C24H28FN3O3. The van der Waals surface area contributed by atoms with Crippen LogP contribution in [0.25, 0.3) is 0 Å². The van der Waals surface area contributed by atoms with E-state index in [1.54, 1.807) is 42.0 Å². The highest BCUT2D eigenvalue weighted by molar-refractivity contribution is 5.41. The molecule has 1 fully saturated rings. The number of benzene rings is 1. The van der Waals surface area contributed by atoms with Crippen LogP contribution in [-0.4, -0.2) is 52.2 Å². The fourth-order valence-corrected chi connectivity index (χ4v) is 4.32. The van der Waals surface area contributed by atoms with Gasteiger partial charge in [0.05, 0.1) is 24.4 Å². The third kappa shape index (κ3) is 4.43. The van der Waals surface area contributed by atoms with E-state index in [1.165, 1.54) is 12.1 Å². The van der Waals surface area contributed by atoms with Gasteiger partial charge in [0.25, 0.3) is 5.56 Å². The molecule has 164 valence electrons. The lowest BCUT2D eigenvalue weighted by Gasteiger charge is -2.39. The number of halogens is 1. The van der Waals surface area contributed by atoms with Gasteiger partial charge in [0.1, 0.15) is 17.3 Å². The number of pyridine rings is 1. The Kier molecular flexibility index (Phi) is 6.25. The summed E-state index contributed by atoms with van der Waals surface area (Å²) < 4.78 is 20.7. The number of likely N-dealkylation sites (N-methyl/N-ethyl adjacent to an activating group) is 1. The molecule has 0 spiro atoms. The summed E-state index contributed by atoms with van der Waals surface area (Å²) in [5.74, 6) is 0.295. The second-order valence-electron chi connectivity index (χ2n) is 7.98. The van der Waals surface area contributed by atoms with Crippen LogP contribution in [0.5, 0.6) is 5.75 Å². The van der Waals surface area contributed by atoms with Crippen molar-refractivity contribution in [2.24, 2.45) is 0 Å². The zero-order chi connectivity index (χ0) is 22.0. The number of aryl methyl sites for hydroxylation is 1. The molecule has 0 radical (unpaired) electrons. The minimum absolute atomic E-state index is 0.0366. The fraction of sp³-hybridized carbons (Fsp3) is 0.375. The van der Waals surface area contributed by atoms with Crippen LogP contribution in [0.1, 0.15) is 35.5 Å². The smallest absolute Gasteiger partial charge is 0.260 e. The van der Waals surface area contributed by atoms with Crippen molar-refractivity contribution in [2.75, 3.05) is 32.7 Å². The van der Waals surface area contributed by atoms with E-state index in [9.17, 15) is 14.3 Å². The van der Waals surface area contributed by atoms with Gasteiger partial charge in [-0.25, -0.2) is 4.39 Å². The van der Waals surface area contributed by atoms with Gasteiger partial charge in [-0.3, -0.25) is 9.69 Å². The summed E-state index contributed by atoms with van der Waals surface area (Å²) in [5.41, 5.74) is 1.48. The quantitative estimate of drug-likeness (QED) is 0.656. The van der Waals surface area contributed by atoms with Crippen molar-refractivity contribution in [1.82, 2.24) is 14.4 Å². The number of hydrogen-bond acceptors (Lipinski definition) is 5. The van der Waals surface area contributed by atoms with E-state index in [0.29, 0.717) is 17.0 Å². The van der Waals surface area contributed by atoms with E-state index in [2.05, 4.69) is 16.7 Å². The van der Waals surface area contributed by atoms with Crippen molar-refractivity contribution in [2.45, 2.75) is 26.4 Å². The highest BCUT2D eigenvalue weighted by Crippen LogP contribution is 2.33. The summed E-state index contributed by atoms with van der Waals surface area (Å²) >= 11 is 0. The Bertz CT molecular complexity index is 1070. The molecule has 0 amide bonds. The maximum Gasteiger partial charge on any atom is 0.260 e. The predicted molar refractivity (Wildman–Crippen MR) is 117 cm³/mol. The van der Waals surface area contributed by atoms with Crippen molar-refractivity contribution in [1.29, 1.82) is 0 Å². The van der Waals surface area contributed by atoms with Gasteiger partial charge in [-0.15, -0.1) is 0 Å². The molecule has 1 aliphatic heterocycles. The molecule has 31 heavy (non-hydrogen) atoms. The minimum Gasteiger partial charge on any atom is -0.507 e. The van der Waals surface area contributed by atoms with Gasteiger partial charge in [0, 0.05) is 31.9 Å². The first-order valence-electron chi connectivity index (χ1n) is 10.7. The molecule has 7 heteroatoms. The van der Waals surface area contributed by atoms with Crippen LogP contribution in [0.3, 0.4) is 0 Å². The molecule has 0 bridgehead atoms. The maximum atomic E-state index is 13.6. The van der Waals surface area contributed by atoms with Crippen molar-refractivity contribution < 1.29 is 13.9 Å². The third-order valence-electron chi connectivity index (χ3n) is 6.10. The van der Waals surface area contributed by atoms with Gasteiger partial charge in [-0.05, 0) is 49.4 Å². The summed E-state index contributed by atoms with van der Waals surface area (Å²) in [7, 11) is 0. The normalized spacial score (nSPS) is 16.5. The maximum absolute atomic E-state index is 13.6. The Morgan fingerprint density at radius 2 is 1.84 bits per heavy atom. The van der Waals surface area contributed by atoms with Crippen molar-refractivity contribution in [3.8, 4) is 5.75 Å². The molecule has 0 saturated carbocycles. The first-order valence-corrected chi connectivity index (χ1v) is 10.7. The lowest BCUT2D eigenvalue weighted by Crippen LogP contribution is -2.48. The standard InChI is InChI=1S/C24H28FN3O3/c1-3-26-10-12-27(13-11-26)23(18-6-8-19(25)9-7-18)22-21(29)15-17(2)28(24(22)30)16-20-5-4-14-31-20/h4-9,14-15,23,29H,3,10-13,16H2,1-2H3/t23-/m1/s1. The van der Waals surface area contributed by atoms with E-state index >= 15 is 0 Å². The first-order chi connectivity index (χ1) is 15.0. The summed E-state index contributed by atoms with van der Waals surface area (Å²) in [6.45, 7) is 8.43. The number of hydrogen-bond donors (Lipinski definition) is 1. The van der Waals surface area contributed by atoms with Crippen LogP contribution in [0, 0.1) is 12.7 Å². The van der Waals surface area contributed by atoms with E-state index in [-0.39, 0.29) is 23.7 Å². The summed E-state index contributed by atoms with van der Waals surface area (Å²) in [4.78, 5) is 18.2. The van der Waals surface area contributed by atoms with E-state index in [1.807, 2.05) is 6.07 Å². The molecule has 3 heterocycles. The average Bonchev–Trinajstić information content (AvgIpc) is 3.28. The molecular weight excluding hydrogens is 397 g/mol. The lowest BCUT2D eigenvalue weighted by atomic mass is 9.96. The monoisotopic (exact) mass is 425 g/mol. The Morgan fingerprint density at radius 3 is 2.45 bits per heavy atom. The van der Waals surface area contributed by atoms with Crippen LogP contribution >= 0.6 is 0 Å². The molecule has 1 saturated heterocycles. The van der Waals surface area contributed by atoms with Crippen LogP contribution < -0.4 is 5.56 Å². The molecule has 3 aromatic rings. The van der Waals surface area contributed by atoms with Gasteiger partial charge in [0.15, 0.2) is 0 Å². The predicted octanol–water partition coefficient (Wildman–Crippen LogP) is 3.37. The summed E-state index contributed by atoms with van der Waals surface area (Å²) in [5, 5.41) is 10.9. The average molecular weight is 426 g/mol. The number of aromatic nitrogens is 1.